The van der Waals surface area contributed by atoms with E-state index in [9.17, 15) is 4.79 Å². The minimum absolute atomic E-state index is 0.0349. The van der Waals surface area contributed by atoms with Gasteiger partial charge in [-0.3, -0.25) is 0 Å². The molecule has 104 valence electrons. The monoisotopic (exact) mass is 279 g/mol. The minimum atomic E-state index is -1.07. The quantitative estimate of drug-likeness (QED) is 0.713. The fourth-order valence-electron chi connectivity index (χ4n) is 2.20. The Labute approximate surface area is 121 Å². The smallest absolute Gasteiger partial charge is 0.337 e. The van der Waals surface area contributed by atoms with Crippen molar-refractivity contribution in [2.24, 2.45) is 0 Å². The van der Waals surface area contributed by atoms with Gasteiger partial charge in [0, 0.05) is 11.1 Å². The van der Waals surface area contributed by atoms with Crippen LogP contribution < -0.4 is 10.5 Å². The number of carbonyl (C=O) groups is 1. The van der Waals surface area contributed by atoms with Gasteiger partial charge in [-0.05, 0) is 29.7 Å². The maximum atomic E-state index is 11.1. The number of carboxylic acid groups (broad SMARTS) is 1. The summed E-state index contributed by atoms with van der Waals surface area (Å²) in [6.45, 7) is 0. The Hall–Kier alpha value is -3.01. The summed E-state index contributed by atoms with van der Waals surface area (Å²) in [4.78, 5) is 11.1. The zero-order chi connectivity index (χ0) is 14.8. The van der Waals surface area contributed by atoms with Crippen LogP contribution in [-0.2, 0) is 0 Å². The van der Waals surface area contributed by atoms with Crippen LogP contribution in [0.1, 0.15) is 10.4 Å². The molecule has 0 saturated carbocycles. The standard InChI is InChI=1S/C17H13NO3/c18-15-9-8-12(10-14(15)17(19)20)21-16-7-3-5-11-4-1-2-6-13(11)16/h1-10H,18H2,(H,19,20). The van der Waals surface area contributed by atoms with E-state index < -0.39 is 5.97 Å². The number of nitrogens with two attached hydrogens (primary N) is 1. The lowest BCUT2D eigenvalue weighted by Gasteiger charge is -2.10. The Morgan fingerprint density at radius 3 is 2.57 bits per heavy atom. The number of nitrogen functional groups attached to an aromatic ring is 1. The van der Waals surface area contributed by atoms with Crippen molar-refractivity contribution in [3.8, 4) is 11.5 Å². The molecule has 0 amide bonds. The van der Waals surface area contributed by atoms with E-state index in [4.69, 9.17) is 15.6 Å². The van der Waals surface area contributed by atoms with Crippen LogP contribution >= 0.6 is 0 Å². The van der Waals surface area contributed by atoms with Gasteiger partial charge in [0.25, 0.3) is 0 Å². The summed E-state index contributed by atoms with van der Waals surface area (Å²) < 4.78 is 5.82. The molecule has 0 aromatic heterocycles. The van der Waals surface area contributed by atoms with Crippen LogP contribution in [-0.4, -0.2) is 11.1 Å². The number of fused-ring (bicyclic) bond motifs is 1. The number of benzene rings is 3. The van der Waals surface area contributed by atoms with E-state index in [1.165, 1.54) is 12.1 Å². The average molecular weight is 279 g/mol. The lowest BCUT2D eigenvalue weighted by molar-refractivity contribution is 0.0697. The van der Waals surface area contributed by atoms with E-state index in [0.29, 0.717) is 11.5 Å². The summed E-state index contributed by atoms with van der Waals surface area (Å²) in [5, 5.41) is 11.1. The van der Waals surface area contributed by atoms with Crippen LogP contribution in [0.4, 0.5) is 5.69 Å². The van der Waals surface area contributed by atoms with Gasteiger partial charge in [0.1, 0.15) is 11.5 Å². The molecule has 0 bridgehead atoms. The summed E-state index contributed by atoms with van der Waals surface area (Å²) >= 11 is 0. The first-order valence-electron chi connectivity index (χ1n) is 6.43. The highest BCUT2D eigenvalue weighted by Gasteiger charge is 2.10. The van der Waals surface area contributed by atoms with E-state index in [-0.39, 0.29) is 11.3 Å². The van der Waals surface area contributed by atoms with Crippen LogP contribution in [0, 0.1) is 0 Å². The van der Waals surface area contributed by atoms with Gasteiger partial charge in [-0.15, -0.1) is 0 Å². The van der Waals surface area contributed by atoms with Crippen molar-refractivity contribution in [3.63, 3.8) is 0 Å². The third-order valence-corrected chi connectivity index (χ3v) is 3.23. The summed E-state index contributed by atoms with van der Waals surface area (Å²) in [7, 11) is 0. The number of rotatable bonds is 3. The molecule has 0 aliphatic rings. The van der Waals surface area contributed by atoms with Crippen molar-refractivity contribution in [1.29, 1.82) is 0 Å². The average Bonchev–Trinajstić information content (AvgIpc) is 2.49. The van der Waals surface area contributed by atoms with Gasteiger partial charge in [-0.25, -0.2) is 4.79 Å². The number of aromatic carboxylic acids is 1. The van der Waals surface area contributed by atoms with E-state index in [1.807, 2.05) is 42.5 Å². The first-order chi connectivity index (χ1) is 10.1. The molecule has 0 radical (unpaired) electrons. The molecule has 3 rings (SSSR count). The maximum Gasteiger partial charge on any atom is 0.337 e. The Morgan fingerprint density at radius 1 is 1.00 bits per heavy atom. The molecule has 4 nitrogen and oxygen atoms in total. The van der Waals surface area contributed by atoms with Gasteiger partial charge in [-0.2, -0.15) is 0 Å². The molecule has 0 fully saturated rings. The molecule has 3 N–H and O–H groups in total. The van der Waals surface area contributed by atoms with Crippen LogP contribution in [0.25, 0.3) is 10.8 Å². The first kappa shape index (κ1) is 13.0. The largest absolute Gasteiger partial charge is 0.478 e. The molecule has 0 heterocycles. The van der Waals surface area contributed by atoms with Gasteiger partial charge >= 0.3 is 5.97 Å². The molecular formula is C17H13NO3. The van der Waals surface area contributed by atoms with Crippen molar-refractivity contribution in [3.05, 3.63) is 66.2 Å². The SMILES string of the molecule is Nc1ccc(Oc2cccc3ccccc23)cc1C(=O)O. The van der Waals surface area contributed by atoms with Crippen LogP contribution in [0.15, 0.2) is 60.7 Å². The number of anilines is 1. The second kappa shape index (κ2) is 5.17. The van der Waals surface area contributed by atoms with E-state index in [2.05, 4.69) is 0 Å². The molecule has 3 aromatic carbocycles. The van der Waals surface area contributed by atoms with Gasteiger partial charge in [-0.1, -0.05) is 36.4 Å². The highest BCUT2D eigenvalue weighted by Crippen LogP contribution is 2.31. The summed E-state index contributed by atoms with van der Waals surface area (Å²) in [6.07, 6.45) is 0. The Kier molecular flexibility index (Phi) is 3.20. The molecular weight excluding hydrogens is 266 g/mol. The molecule has 21 heavy (non-hydrogen) atoms. The zero-order valence-electron chi connectivity index (χ0n) is 11.1. The minimum Gasteiger partial charge on any atom is -0.478 e. The molecule has 0 unspecified atom stereocenters. The van der Waals surface area contributed by atoms with E-state index >= 15 is 0 Å². The molecule has 0 aliphatic carbocycles. The molecule has 0 spiro atoms. The van der Waals surface area contributed by atoms with Gasteiger partial charge in [0.2, 0.25) is 0 Å². The number of hydrogen-bond acceptors (Lipinski definition) is 3. The molecule has 3 aromatic rings. The van der Waals surface area contributed by atoms with Crippen molar-refractivity contribution in [1.82, 2.24) is 0 Å². The van der Waals surface area contributed by atoms with Crippen molar-refractivity contribution in [2.45, 2.75) is 0 Å². The normalized spacial score (nSPS) is 10.5. The van der Waals surface area contributed by atoms with Crippen LogP contribution in [0.3, 0.4) is 0 Å². The van der Waals surface area contributed by atoms with Gasteiger partial charge in [0.05, 0.1) is 5.56 Å². The second-order valence-corrected chi connectivity index (χ2v) is 4.63. The second-order valence-electron chi connectivity index (χ2n) is 4.63. The molecule has 0 saturated heterocycles. The van der Waals surface area contributed by atoms with Gasteiger partial charge in [0.15, 0.2) is 0 Å². The van der Waals surface area contributed by atoms with Crippen molar-refractivity contribution >= 4 is 22.4 Å². The fourth-order valence-corrected chi connectivity index (χ4v) is 2.20. The summed E-state index contributed by atoms with van der Waals surface area (Å²) in [6, 6.07) is 18.2. The lowest BCUT2D eigenvalue weighted by Crippen LogP contribution is -2.02. The first-order valence-corrected chi connectivity index (χ1v) is 6.43. The maximum absolute atomic E-state index is 11.1. The number of ether oxygens (including phenoxy) is 1. The van der Waals surface area contributed by atoms with E-state index in [0.717, 1.165) is 10.8 Å². The highest BCUT2D eigenvalue weighted by molar-refractivity contribution is 5.94. The Balaban J connectivity index is 2.03. The van der Waals surface area contributed by atoms with Crippen molar-refractivity contribution < 1.29 is 14.6 Å². The molecule has 0 atom stereocenters. The number of hydrogen-bond donors (Lipinski definition) is 2. The van der Waals surface area contributed by atoms with Crippen LogP contribution in [0.2, 0.25) is 0 Å². The zero-order valence-corrected chi connectivity index (χ0v) is 11.1. The molecule has 0 aliphatic heterocycles. The Morgan fingerprint density at radius 2 is 1.76 bits per heavy atom. The lowest BCUT2D eigenvalue weighted by atomic mass is 10.1. The topological polar surface area (TPSA) is 72.5 Å². The third-order valence-electron chi connectivity index (χ3n) is 3.23. The summed E-state index contributed by atoms with van der Waals surface area (Å²) in [5.41, 5.74) is 5.89. The summed E-state index contributed by atoms with van der Waals surface area (Å²) in [5.74, 6) is 0.0445. The van der Waals surface area contributed by atoms with Crippen LogP contribution in [0.5, 0.6) is 11.5 Å². The fraction of sp³-hybridized carbons (Fsp3) is 0. The highest BCUT2D eigenvalue weighted by atomic mass is 16.5. The molecule has 4 heteroatoms. The van der Waals surface area contributed by atoms with E-state index in [1.54, 1.807) is 6.07 Å². The van der Waals surface area contributed by atoms with Crippen molar-refractivity contribution in [2.75, 3.05) is 5.73 Å². The predicted molar refractivity (Wildman–Crippen MR) is 81.8 cm³/mol. The van der Waals surface area contributed by atoms with Gasteiger partial charge < -0.3 is 15.6 Å². The Bertz CT molecular complexity index is 822. The predicted octanol–water partition coefficient (Wildman–Crippen LogP) is 3.91. The number of carboxylic acids is 1. The third kappa shape index (κ3) is 2.51.